The molecule has 0 radical (unpaired) electrons. The number of pyridine rings is 1. The average molecular weight is 330 g/mol. The molecule has 0 bridgehead atoms. The number of aromatic nitrogens is 2. The van der Waals surface area contributed by atoms with E-state index in [1.807, 2.05) is 35.7 Å². The Morgan fingerprint density at radius 2 is 2.21 bits per heavy atom. The van der Waals surface area contributed by atoms with Gasteiger partial charge < -0.3 is 14.5 Å². The molecule has 6 nitrogen and oxygen atoms in total. The van der Waals surface area contributed by atoms with Gasteiger partial charge >= 0.3 is 0 Å². The molecule has 1 aliphatic rings. The number of carbonyl (C=O) groups is 1. The summed E-state index contributed by atoms with van der Waals surface area (Å²) in [6.45, 7) is 7.96. The molecule has 3 rings (SSSR count). The Morgan fingerprint density at radius 3 is 2.92 bits per heavy atom. The Kier molecular flexibility index (Phi) is 4.87. The summed E-state index contributed by atoms with van der Waals surface area (Å²) in [5.41, 5.74) is 2.71. The summed E-state index contributed by atoms with van der Waals surface area (Å²) in [5, 5.41) is 3.15. The molecule has 1 N–H and O–H groups in total. The molecule has 3 heterocycles. The van der Waals surface area contributed by atoms with Crippen molar-refractivity contribution in [1.82, 2.24) is 19.6 Å². The van der Waals surface area contributed by atoms with Crippen LogP contribution in [0.15, 0.2) is 24.4 Å². The van der Waals surface area contributed by atoms with Gasteiger partial charge in [-0.25, -0.2) is 4.98 Å². The highest BCUT2D eigenvalue weighted by atomic mass is 16.5. The van der Waals surface area contributed by atoms with Crippen molar-refractivity contribution in [2.24, 2.45) is 0 Å². The standard InChI is InChI=1S/C18H26N4O2/c1-12(2)21-10-14(16(11-21)24-4)20-18(23)9-15-13(3)19-17-7-5-6-8-22(15)17/h5-8,12,14,16H,9-11H2,1-4H3,(H,20,23)/t14-,16-/m0/s1. The molecule has 130 valence electrons. The fraction of sp³-hybridized carbons (Fsp3) is 0.556. The Balaban J connectivity index is 1.70. The van der Waals surface area contributed by atoms with Crippen LogP contribution < -0.4 is 5.32 Å². The Hall–Kier alpha value is -1.92. The van der Waals surface area contributed by atoms with E-state index in [9.17, 15) is 4.79 Å². The zero-order valence-electron chi connectivity index (χ0n) is 14.8. The lowest BCUT2D eigenvalue weighted by Gasteiger charge is -2.20. The lowest BCUT2D eigenvalue weighted by molar-refractivity contribution is -0.121. The van der Waals surface area contributed by atoms with Gasteiger partial charge in [0.25, 0.3) is 0 Å². The van der Waals surface area contributed by atoms with Crippen LogP contribution in [-0.2, 0) is 16.0 Å². The van der Waals surface area contributed by atoms with E-state index in [4.69, 9.17) is 4.74 Å². The number of nitrogens with one attached hydrogen (secondary N) is 1. The number of amides is 1. The lowest BCUT2D eigenvalue weighted by atomic mass is 10.2. The number of nitrogens with zero attached hydrogens (tertiary/aromatic N) is 3. The minimum absolute atomic E-state index is 0.0152. The number of ether oxygens (including phenoxy) is 1. The molecule has 0 aromatic carbocycles. The third-order valence-electron chi connectivity index (χ3n) is 4.83. The number of hydrogen-bond donors (Lipinski definition) is 1. The molecule has 6 heteroatoms. The van der Waals surface area contributed by atoms with Gasteiger partial charge in [0.2, 0.25) is 5.91 Å². The fourth-order valence-corrected chi connectivity index (χ4v) is 3.39. The maximum Gasteiger partial charge on any atom is 0.226 e. The van der Waals surface area contributed by atoms with Crippen LogP contribution in [-0.4, -0.2) is 58.6 Å². The molecule has 0 unspecified atom stereocenters. The van der Waals surface area contributed by atoms with Gasteiger partial charge in [-0.05, 0) is 32.9 Å². The minimum Gasteiger partial charge on any atom is -0.378 e. The molecule has 2 atom stereocenters. The molecule has 2 aromatic rings. The molecule has 0 saturated carbocycles. The fourth-order valence-electron chi connectivity index (χ4n) is 3.39. The summed E-state index contributed by atoms with van der Waals surface area (Å²) in [4.78, 5) is 19.4. The van der Waals surface area contributed by atoms with E-state index in [0.29, 0.717) is 12.5 Å². The SMILES string of the molecule is CO[C@H]1CN(C(C)C)C[C@@H]1NC(=O)Cc1c(C)nc2ccccn12. The van der Waals surface area contributed by atoms with Gasteiger partial charge in [-0.3, -0.25) is 9.69 Å². The Morgan fingerprint density at radius 1 is 1.42 bits per heavy atom. The van der Waals surface area contributed by atoms with Gasteiger partial charge in [-0.1, -0.05) is 6.07 Å². The van der Waals surface area contributed by atoms with Gasteiger partial charge in [-0.2, -0.15) is 0 Å². The third-order valence-corrected chi connectivity index (χ3v) is 4.83. The van der Waals surface area contributed by atoms with Crippen molar-refractivity contribution in [3.63, 3.8) is 0 Å². The molecule has 2 aromatic heterocycles. The molecule has 1 fully saturated rings. The van der Waals surface area contributed by atoms with Crippen molar-refractivity contribution in [3.05, 3.63) is 35.8 Å². The first-order valence-corrected chi connectivity index (χ1v) is 8.48. The topological polar surface area (TPSA) is 58.9 Å². The van der Waals surface area contributed by atoms with Gasteiger partial charge in [0, 0.05) is 32.4 Å². The Bertz CT molecular complexity index is 725. The van der Waals surface area contributed by atoms with E-state index in [1.165, 1.54) is 0 Å². The molecule has 24 heavy (non-hydrogen) atoms. The molecular formula is C18H26N4O2. The van der Waals surface area contributed by atoms with Crippen LogP contribution in [0, 0.1) is 6.92 Å². The second-order valence-corrected chi connectivity index (χ2v) is 6.75. The van der Waals surface area contributed by atoms with Gasteiger partial charge in [-0.15, -0.1) is 0 Å². The summed E-state index contributed by atoms with van der Waals surface area (Å²) in [6.07, 6.45) is 2.32. The lowest BCUT2D eigenvalue weighted by Crippen LogP contribution is -2.44. The van der Waals surface area contributed by atoms with E-state index >= 15 is 0 Å². The first-order valence-electron chi connectivity index (χ1n) is 8.48. The van der Waals surface area contributed by atoms with Crippen LogP contribution in [0.5, 0.6) is 0 Å². The summed E-state index contributed by atoms with van der Waals surface area (Å²) < 4.78 is 7.54. The highest BCUT2D eigenvalue weighted by Crippen LogP contribution is 2.17. The minimum atomic E-state index is 0.0152. The molecule has 0 spiro atoms. The predicted molar refractivity (Wildman–Crippen MR) is 93.1 cm³/mol. The van der Waals surface area contributed by atoms with Crippen LogP contribution in [0.25, 0.3) is 5.65 Å². The van der Waals surface area contributed by atoms with Crippen molar-refractivity contribution in [3.8, 4) is 0 Å². The quantitative estimate of drug-likeness (QED) is 0.900. The number of rotatable bonds is 5. The molecule has 1 aliphatic heterocycles. The smallest absolute Gasteiger partial charge is 0.226 e. The van der Waals surface area contributed by atoms with E-state index in [1.54, 1.807) is 7.11 Å². The highest BCUT2D eigenvalue weighted by Gasteiger charge is 2.35. The normalized spacial score (nSPS) is 21.7. The number of methoxy groups -OCH3 is 1. The van der Waals surface area contributed by atoms with Crippen LogP contribution >= 0.6 is 0 Å². The number of likely N-dealkylation sites (tertiary alicyclic amines) is 1. The maximum absolute atomic E-state index is 12.6. The molecule has 1 saturated heterocycles. The zero-order chi connectivity index (χ0) is 17.3. The molecular weight excluding hydrogens is 304 g/mol. The first-order chi connectivity index (χ1) is 11.5. The summed E-state index contributed by atoms with van der Waals surface area (Å²) in [6, 6.07) is 6.34. The van der Waals surface area contributed by atoms with E-state index in [2.05, 4.69) is 29.0 Å². The second-order valence-electron chi connectivity index (χ2n) is 6.75. The van der Waals surface area contributed by atoms with Crippen molar-refractivity contribution >= 4 is 11.6 Å². The first kappa shape index (κ1) is 16.9. The number of fused-ring (bicyclic) bond motifs is 1. The monoisotopic (exact) mass is 330 g/mol. The molecule has 0 aliphatic carbocycles. The van der Waals surface area contributed by atoms with Crippen LogP contribution in [0.3, 0.4) is 0 Å². The summed E-state index contributed by atoms with van der Waals surface area (Å²) >= 11 is 0. The average Bonchev–Trinajstić information content (AvgIpc) is 3.09. The third kappa shape index (κ3) is 3.30. The summed E-state index contributed by atoms with van der Waals surface area (Å²) in [7, 11) is 1.71. The van der Waals surface area contributed by atoms with Crippen LogP contribution in [0.1, 0.15) is 25.2 Å². The van der Waals surface area contributed by atoms with E-state index in [-0.39, 0.29) is 18.1 Å². The maximum atomic E-state index is 12.6. The number of carbonyl (C=O) groups excluding carboxylic acids is 1. The van der Waals surface area contributed by atoms with Crippen molar-refractivity contribution in [1.29, 1.82) is 0 Å². The number of imidazole rings is 1. The Labute approximate surface area is 142 Å². The second kappa shape index (κ2) is 6.91. The number of hydrogen-bond acceptors (Lipinski definition) is 4. The van der Waals surface area contributed by atoms with Gasteiger partial charge in [0.05, 0.1) is 30.0 Å². The summed E-state index contributed by atoms with van der Waals surface area (Å²) in [5.74, 6) is 0.0152. The van der Waals surface area contributed by atoms with Crippen LogP contribution in [0.4, 0.5) is 0 Å². The number of aryl methyl sites for hydroxylation is 1. The van der Waals surface area contributed by atoms with E-state index < -0.39 is 0 Å². The van der Waals surface area contributed by atoms with E-state index in [0.717, 1.165) is 30.1 Å². The van der Waals surface area contributed by atoms with Gasteiger partial charge in [0.1, 0.15) is 5.65 Å². The zero-order valence-corrected chi connectivity index (χ0v) is 14.8. The highest BCUT2D eigenvalue weighted by molar-refractivity contribution is 5.79. The van der Waals surface area contributed by atoms with Gasteiger partial charge in [0.15, 0.2) is 0 Å². The predicted octanol–water partition coefficient (Wildman–Crippen LogP) is 1.41. The molecule has 1 amide bonds. The van der Waals surface area contributed by atoms with Crippen molar-refractivity contribution in [2.75, 3.05) is 20.2 Å². The van der Waals surface area contributed by atoms with Crippen molar-refractivity contribution < 1.29 is 9.53 Å². The van der Waals surface area contributed by atoms with Crippen molar-refractivity contribution in [2.45, 2.75) is 45.4 Å². The van der Waals surface area contributed by atoms with Crippen LogP contribution in [0.2, 0.25) is 0 Å². The largest absolute Gasteiger partial charge is 0.378 e.